The van der Waals surface area contributed by atoms with Gasteiger partial charge in [-0.25, -0.2) is 9.97 Å². The molecule has 4 N–H and O–H groups in total. The van der Waals surface area contributed by atoms with Crippen LogP contribution in [0.25, 0.3) is 11.3 Å². The van der Waals surface area contributed by atoms with Gasteiger partial charge in [-0.1, -0.05) is 0 Å². The molecule has 0 atom stereocenters. The lowest BCUT2D eigenvalue weighted by molar-refractivity contribution is 0.580. The molecule has 104 valence electrons. The number of pyridine rings is 1. The lowest BCUT2D eigenvalue weighted by atomic mass is 10.2. The Kier molecular flexibility index (Phi) is 3.34. The number of nitrogens with one attached hydrogen (secondary N) is 2. The van der Waals surface area contributed by atoms with Gasteiger partial charge in [0, 0.05) is 44.1 Å². The van der Waals surface area contributed by atoms with E-state index in [0.717, 1.165) is 37.4 Å². The van der Waals surface area contributed by atoms with Crippen molar-refractivity contribution in [1.82, 2.24) is 20.3 Å². The van der Waals surface area contributed by atoms with Gasteiger partial charge in [0.2, 0.25) is 5.95 Å². The average Bonchev–Trinajstić information content (AvgIpc) is 2.51. The fraction of sp³-hybridized carbons (Fsp3) is 0.308. The van der Waals surface area contributed by atoms with E-state index in [4.69, 9.17) is 5.73 Å². The first-order chi connectivity index (χ1) is 9.74. The second kappa shape index (κ2) is 5.30. The molecule has 7 heteroatoms. The highest BCUT2D eigenvalue weighted by molar-refractivity contribution is 5.63. The van der Waals surface area contributed by atoms with Crippen molar-refractivity contribution >= 4 is 11.6 Å². The minimum Gasteiger partial charge on any atom is -0.394 e. The molecule has 7 nitrogen and oxygen atoms in total. The van der Waals surface area contributed by atoms with Crippen LogP contribution in [-0.2, 0) is 0 Å². The first kappa shape index (κ1) is 12.6. The molecule has 20 heavy (non-hydrogen) atoms. The summed E-state index contributed by atoms with van der Waals surface area (Å²) in [6.07, 6.45) is 3.34. The summed E-state index contributed by atoms with van der Waals surface area (Å²) >= 11 is 0. The molecular formula is C13H16N6O. The molecule has 0 bridgehead atoms. The van der Waals surface area contributed by atoms with Crippen molar-refractivity contribution in [2.45, 2.75) is 0 Å². The first-order valence-electron chi connectivity index (χ1n) is 6.51. The number of nitrogens with zero attached hydrogens (tertiary/aromatic N) is 3. The third-order valence-corrected chi connectivity index (χ3v) is 3.27. The molecule has 0 aromatic carbocycles. The average molecular weight is 272 g/mol. The summed E-state index contributed by atoms with van der Waals surface area (Å²) in [6, 6.07) is 3.43. The normalized spacial score (nSPS) is 15.3. The van der Waals surface area contributed by atoms with E-state index in [1.54, 1.807) is 24.5 Å². The first-order valence-corrected chi connectivity index (χ1v) is 6.51. The predicted molar refractivity (Wildman–Crippen MR) is 77.6 cm³/mol. The van der Waals surface area contributed by atoms with Crippen molar-refractivity contribution in [2.24, 2.45) is 0 Å². The molecule has 1 aliphatic rings. The van der Waals surface area contributed by atoms with E-state index in [-0.39, 0.29) is 11.2 Å². The standard InChI is InChI=1S/C13H16N6O/c14-10-7-9(8-17-12(10)20)11-1-2-16-13(18-11)19-5-3-15-4-6-19/h1-2,7-8,15H,3-6,14H2,(H,17,20). The van der Waals surface area contributed by atoms with Crippen LogP contribution < -0.4 is 21.5 Å². The van der Waals surface area contributed by atoms with Gasteiger partial charge in [0.15, 0.2) is 0 Å². The third kappa shape index (κ3) is 2.48. The van der Waals surface area contributed by atoms with E-state index in [2.05, 4.69) is 25.2 Å². The van der Waals surface area contributed by atoms with Crippen LogP contribution >= 0.6 is 0 Å². The molecule has 0 amide bonds. The Bertz CT molecular complexity index is 662. The summed E-state index contributed by atoms with van der Waals surface area (Å²) in [6.45, 7) is 3.63. The van der Waals surface area contributed by atoms with Crippen molar-refractivity contribution in [3.05, 3.63) is 34.9 Å². The zero-order valence-corrected chi connectivity index (χ0v) is 11.0. The Balaban J connectivity index is 1.93. The lowest BCUT2D eigenvalue weighted by Crippen LogP contribution is -2.44. The Morgan fingerprint density at radius 1 is 1.30 bits per heavy atom. The Labute approximate surface area is 115 Å². The summed E-state index contributed by atoms with van der Waals surface area (Å²) in [4.78, 5) is 24.9. The van der Waals surface area contributed by atoms with Gasteiger partial charge in [-0.05, 0) is 12.1 Å². The molecule has 2 aromatic rings. The number of aromatic amines is 1. The Morgan fingerprint density at radius 3 is 2.85 bits per heavy atom. The van der Waals surface area contributed by atoms with E-state index in [0.29, 0.717) is 5.95 Å². The smallest absolute Gasteiger partial charge is 0.271 e. The van der Waals surface area contributed by atoms with Crippen LogP contribution in [0.4, 0.5) is 11.6 Å². The summed E-state index contributed by atoms with van der Waals surface area (Å²) in [5.41, 5.74) is 7.06. The van der Waals surface area contributed by atoms with Crippen LogP contribution in [0.2, 0.25) is 0 Å². The molecule has 0 radical (unpaired) electrons. The van der Waals surface area contributed by atoms with Crippen molar-refractivity contribution in [1.29, 1.82) is 0 Å². The quantitative estimate of drug-likeness (QED) is 0.701. The number of anilines is 2. The maximum Gasteiger partial charge on any atom is 0.271 e. The van der Waals surface area contributed by atoms with E-state index >= 15 is 0 Å². The molecule has 0 aliphatic carbocycles. The number of aromatic nitrogens is 3. The summed E-state index contributed by atoms with van der Waals surface area (Å²) in [7, 11) is 0. The van der Waals surface area contributed by atoms with Crippen LogP contribution in [0.15, 0.2) is 29.3 Å². The van der Waals surface area contributed by atoms with Crippen molar-refractivity contribution in [3.63, 3.8) is 0 Å². The summed E-state index contributed by atoms with van der Waals surface area (Å²) in [5, 5.41) is 3.29. The maximum absolute atomic E-state index is 11.3. The van der Waals surface area contributed by atoms with Crippen molar-refractivity contribution < 1.29 is 0 Å². The highest BCUT2D eigenvalue weighted by Crippen LogP contribution is 2.18. The summed E-state index contributed by atoms with van der Waals surface area (Å²) in [5.74, 6) is 0.703. The SMILES string of the molecule is Nc1cc(-c2ccnc(N3CCNCC3)n2)c[nH]c1=O. The van der Waals surface area contributed by atoms with Gasteiger partial charge in [0.1, 0.15) is 0 Å². The highest BCUT2D eigenvalue weighted by atomic mass is 16.1. The molecule has 3 rings (SSSR count). The molecule has 3 heterocycles. The molecule has 0 spiro atoms. The highest BCUT2D eigenvalue weighted by Gasteiger charge is 2.13. The number of hydrogen-bond acceptors (Lipinski definition) is 6. The number of nitrogen functional groups attached to an aromatic ring is 1. The van der Waals surface area contributed by atoms with Crippen molar-refractivity contribution in [3.8, 4) is 11.3 Å². The van der Waals surface area contributed by atoms with Crippen LogP contribution in [0.3, 0.4) is 0 Å². The topological polar surface area (TPSA) is 99.9 Å². The molecular weight excluding hydrogens is 256 g/mol. The molecule has 0 unspecified atom stereocenters. The van der Waals surface area contributed by atoms with Crippen LogP contribution in [0.1, 0.15) is 0 Å². The largest absolute Gasteiger partial charge is 0.394 e. The third-order valence-electron chi connectivity index (χ3n) is 3.27. The van der Waals surface area contributed by atoms with Gasteiger partial charge in [-0.2, -0.15) is 0 Å². The van der Waals surface area contributed by atoms with E-state index in [9.17, 15) is 4.79 Å². The second-order valence-electron chi connectivity index (χ2n) is 4.65. The van der Waals surface area contributed by atoms with E-state index < -0.39 is 0 Å². The number of nitrogens with two attached hydrogens (primary N) is 1. The van der Waals surface area contributed by atoms with Gasteiger partial charge in [-0.15, -0.1) is 0 Å². The lowest BCUT2D eigenvalue weighted by Gasteiger charge is -2.27. The van der Waals surface area contributed by atoms with E-state index in [1.807, 2.05) is 0 Å². The van der Waals surface area contributed by atoms with Gasteiger partial charge in [-0.3, -0.25) is 4.79 Å². The number of hydrogen-bond donors (Lipinski definition) is 3. The maximum atomic E-state index is 11.3. The van der Waals surface area contributed by atoms with Gasteiger partial charge < -0.3 is 20.9 Å². The fourth-order valence-corrected chi connectivity index (χ4v) is 2.18. The van der Waals surface area contributed by atoms with Crippen LogP contribution in [-0.4, -0.2) is 41.1 Å². The van der Waals surface area contributed by atoms with Gasteiger partial charge in [0.25, 0.3) is 5.56 Å². The number of H-pyrrole nitrogens is 1. The van der Waals surface area contributed by atoms with Crippen LogP contribution in [0, 0.1) is 0 Å². The van der Waals surface area contributed by atoms with E-state index in [1.165, 1.54) is 0 Å². The minimum atomic E-state index is -0.287. The van der Waals surface area contributed by atoms with Crippen LogP contribution in [0.5, 0.6) is 0 Å². The van der Waals surface area contributed by atoms with Gasteiger partial charge >= 0.3 is 0 Å². The number of rotatable bonds is 2. The zero-order chi connectivity index (χ0) is 13.9. The number of piperazine rings is 1. The van der Waals surface area contributed by atoms with Gasteiger partial charge in [0.05, 0.1) is 11.4 Å². The minimum absolute atomic E-state index is 0.185. The molecule has 1 saturated heterocycles. The molecule has 2 aromatic heterocycles. The molecule has 1 aliphatic heterocycles. The monoisotopic (exact) mass is 272 g/mol. The fourth-order valence-electron chi connectivity index (χ4n) is 2.18. The Hall–Kier alpha value is -2.41. The molecule has 0 saturated carbocycles. The summed E-state index contributed by atoms with van der Waals surface area (Å²) < 4.78 is 0. The molecule has 1 fully saturated rings. The second-order valence-corrected chi connectivity index (χ2v) is 4.65. The Morgan fingerprint density at radius 2 is 2.10 bits per heavy atom. The zero-order valence-electron chi connectivity index (χ0n) is 11.0. The predicted octanol–water partition coefficient (Wildman–Crippen LogP) is -0.176. The van der Waals surface area contributed by atoms with Crippen molar-refractivity contribution in [2.75, 3.05) is 36.8 Å².